The first-order valence-corrected chi connectivity index (χ1v) is 7.34. The molecule has 116 valence electrons. The molecule has 0 radical (unpaired) electrons. The van der Waals surface area contributed by atoms with Gasteiger partial charge in [0.1, 0.15) is 0 Å². The molecule has 0 aliphatic carbocycles. The van der Waals surface area contributed by atoms with Gasteiger partial charge in [0.05, 0.1) is 0 Å². The van der Waals surface area contributed by atoms with Crippen LogP contribution in [0.25, 0.3) is 0 Å². The predicted octanol–water partition coefficient (Wildman–Crippen LogP) is -0.351. The van der Waals surface area contributed by atoms with Gasteiger partial charge in [-0.2, -0.15) is 0 Å². The minimum Gasteiger partial charge on any atom is -0.354 e. The Bertz CT molecular complexity index is 461. The first-order chi connectivity index (χ1) is 10.1. The van der Waals surface area contributed by atoms with Crippen molar-refractivity contribution in [1.29, 1.82) is 0 Å². The molecule has 7 heteroatoms. The summed E-state index contributed by atoms with van der Waals surface area (Å²) in [4.78, 5) is 17.9. The van der Waals surface area contributed by atoms with Gasteiger partial charge in [-0.3, -0.25) is 4.79 Å². The lowest BCUT2D eigenvalue weighted by Gasteiger charge is -2.22. The lowest BCUT2D eigenvalue weighted by Crippen LogP contribution is -2.34. The molecule has 0 saturated carbocycles. The highest BCUT2D eigenvalue weighted by molar-refractivity contribution is 5.91. The van der Waals surface area contributed by atoms with E-state index in [0.717, 1.165) is 45.0 Å². The normalized spacial score (nSPS) is 16.6. The molecule has 1 aromatic heterocycles. The number of amides is 1. The molecule has 21 heavy (non-hydrogen) atoms. The standard InChI is InChI=1S/C14H24N6O/c1-18(2)14(21)12-4-5-13(17-16-12)20-8-3-7-19(9-6-15)10-11-20/h4-5H,3,6-11,15H2,1-2H3. The molecule has 0 spiro atoms. The van der Waals surface area contributed by atoms with Gasteiger partial charge in [-0.05, 0) is 25.1 Å². The largest absolute Gasteiger partial charge is 0.354 e. The van der Waals surface area contributed by atoms with Crippen LogP contribution in [0.1, 0.15) is 16.9 Å². The Labute approximate surface area is 125 Å². The summed E-state index contributed by atoms with van der Waals surface area (Å²) < 4.78 is 0. The molecule has 0 atom stereocenters. The smallest absolute Gasteiger partial charge is 0.273 e. The summed E-state index contributed by atoms with van der Waals surface area (Å²) in [5.41, 5.74) is 5.99. The van der Waals surface area contributed by atoms with Crippen LogP contribution in [-0.4, -0.2) is 79.3 Å². The number of carbonyl (C=O) groups is 1. The fraction of sp³-hybridized carbons (Fsp3) is 0.643. The van der Waals surface area contributed by atoms with Crippen LogP contribution < -0.4 is 10.6 Å². The van der Waals surface area contributed by atoms with Crippen molar-refractivity contribution in [3.8, 4) is 0 Å². The molecule has 1 aliphatic heterocycles. The molecule has 0 bridgehead atoms. The number of nitrogens with zero attached hydrogens (tertiary/aromatic N) is 5. The summed E-state index contributed by atoms with van der Waals surface area (Å²) in [6.45, 7) is 5.55. The highest BCUT2D eigenvalue weighted by atomic mass is 16.2. The van der Waals surface area contributed by atoms with Crippen LogP contribution in [0.15, 0.2) is 12.1 Å². The number of nitrogens with two attached hydrogens (primary N) is 1. The summed E-state index contributed by atoms with van der Waals surface area (Å²) >= 11 is 0. The summed E-state index contributed by atoms with van der Waals surface area (Å²) in [7, 11) is 3.41. The molecule has 1 aliphatic rings. The van der Waals surface area contributed by atoms with E-state index in [1.807, 2.05) is 6.07 Å². The molecule has 0 unspecified atom stereocenters. The summed E-state index contributed by atoms with van der Waals surface area (Å²) in [5.74, 6) is 0.707. The fourth-order valence-electron chi connectivity index (χ4n) is 2.44. The first kappa shape index (κ1) is 15.7. The highest BCUT2D eigenvalue weighted by Crippen LogP contribution is 2.13. The Balaban J connectivity index is 2.00. The van der Waals surface area contributed by atoms with Crippen LogP contribution >= 0.6 is 0 Å². The lowest BCUT2D eigenvalue weighted by atomic mass is 10.3. The third kappa shape index (κ3) is 4.12. The van der Waals surface area contributed by atoms with Gasteiger partial charge in [-0.1, -0.05) is 0 Å². The van der Waals surface area contributed by atoms with E-state index in [4.69, 9.17) is 5.73 Å². The molecule has 1 fully saturated rings. The highest BCUT2D eigenvalue weighted by Gasteiger charge is 2.17. The molecule has 7 nitrogen and oxygen atoms in total. The lowest BCUT2D eigenvalue weighted by molar-refractivity contribution is 0.0821. The van der Waals surface area contributed by atoms with E-state index < -0.39 is 0 Å². The maximum atomic E-state index is 11.8. The summed E-state index contributed by atoms with van der Waals surface area (Å²) in [6.07, 6.45) is 1.08. The maximum absolute atomic E-state index is 11.8. The Hall–Kier alpha value is -1.73. The molecular formula is C14H24N6O. The van der Waals surface area contributed by atoms with Gasteiger partial charge in [0, 0.05) is 46.8 Å². The van der Waals surface area contributed by atoms with Crippen LogP contribution in [0.3, 0.4) is 0 Å². The van der Waals surface area contributed by atoms with Crippen molar-refractivity contribution in [2.24, 2.45) is 5.73 Å². The Morgan fingerprint density at radius 1 is 1.24 bits per heavy atom. The number of carbonyl (C=O) groups excluding carboxylic acids is 1. The number of hydrogen-bond donors (Lipinski definition) is 1. The Morgan fingerprint density at radius 3 is 2.67 bits per heavy atom. The minimum atomic E-state index is -0.126. The third-order valence-electron chi connectivity index (χ3n) is 3.63. The summed E-state index contributed by atoms with van der Waals surface area (Å²) in [5, 5.41) is 8.25. The van der Waals surface area contributed by atoms with Crippen molar-refractivity contribution < 1.29 is 4.79 Å². The molecule has 0 aromatic carbocycles. The van der Waals surface area contributed by atoms with Crippen LogP contribution in [0.4, 0.5) is 5.82 Å². The molecule has 2 N–H and O–H groups in total. The van der Waals surface area contributed by atoms with Crippen LogP contribution in [0.5, 0.6) is 0 Å². The Kier molecular flexibility index (Phi) is 5.46. The van der Waals surface area contributed by atoms with Gasteiger partial charge in [-0.15, -0.1) is 10.2 Å². The van der Waals surface area contributed by atoms with Gasteiger partial charge in [0.15, 0.2) is 11.5 Å². The quantitative estimate of drug-likeness (QED) is 0.817. The molecule has 1 saturated heterocycles. The molecular weight excluding hydrogens is 268 g/mol. The van der Waals surface area contributed by atoms with E-state index >= 15 is 0 Å². The first-order valence-electron chi connectivity index (χ1n) is 7.34. The molecule has 2 heterocycles. The molecule has 1 aromatic rings. The second kappa shape index (κ2) is 7.33. The summed E-state index contributed by atoms with van der Waals surface area (Å²) in [6, 6.07) is 3.62. The number of aromatic nitrogens is 2. The van der Waals surface area contributed by atoms with Crippen molar-refractivity contribution in [2.75, 3.05) is 58.3 Å². The van der Waals surface area contributed by atoms with Crippen LogP contribution in [0, 0.1) is 0 Å². The van der Waals surface area contributed by atoms with Crippen molar-refractivity contribution in [1.82, 2.24) is 20.0 Å². The van der Waals surface area contributed by atoms with Gasteiger partial charge < -0.3 is 20.4 Å². The van der Waals surface area contributed by atoms with E-state index in [0.29, 0.717) is 12.2 Å². The van der Waals surface area contributed by atoms with Crippen molar-refractivity contribution in [3.63, 3.8) is 0 Å². The van der Waals surface area contributed by atoms with Crippen molar-refractivity contribution in [3.05, 3.63) is 17.8 Å². The minimum absolute atomic E-state index is 0.126. The maximum Gasteiger partial charge on any atom is 0.273 e. The van der Waals surface area contributed by atoms with Gasteiger partial charge >= 0.3 is 0 Å². The SMILES string of the molecule is CN(C)C(=O)c1ccc(N2CCCN(CCN)CC2)nn1. The van der Waals surface area contributed by atoms with Gasteiger partial charge in [0.25, 0.3) is 5.91 Å². The van der Waals surface area contributed by atoms with E-state index in [9.17, 15) is 4.79 Å². The zero-order valence-electron chi connectivity index (χ0n) is 12.8. The average Bonchev–Trinajstić information content (AvgIpc) is 2.73. The van der Waals surface area contributed by atoms with Gasteiger partial charge in [-0.25, -0.2) is 0 Å². The van der Waals surface area contributed by atoms with E-state index in [1.165, 1.54) is 4.90 Å². The second-order valence-corrected chi connectivity index (χ2v) is 5.45. The molecule has 2 rings (SSSR count). The monoisotopic (exact) mass is 292 g/mol. The zero-order chi connectivity index (χ0) is 15.2. The van der Waals surface area contributed by atoms with E-state index in [1.54, 1.807) is 20.2 Å². The number of rotatable bonds is 4. The fourth-order valence-corrected chi connectivity index (χ4v) is 2.44. The average molecular weight is 292 g/mol. The van der Waals surface area contributed by atoms with E-state index in [2.05, 4.69) is 20.0 Å². The van der Waals surface area contributed by atoms with Crippen LogP contribution in [-0.2, 0) is 0 Å². The topological polar surface area (TPSA) is 78.6 Å². The molecule has 1 amide bonds. The predicted molar refractivity (Wildman–Crippen MR) is 82.4 cm³/mol. The van der Waals surface area contributed by atoms with Crippen molar-refractivity contribution in [2.45, 2.75) is 6.42 Å². The number of hydrogen-bond acceptors (Lipinski definition) is 6. The third-order valence-corrected chi connectivity index (χ3v) is 3.63. The van der Waals surface area contributed by atoms with Crippen LogP contribution in [0.2, 0.25) is 0 Å². The zero-order valence-corrected chi connectivity index (χ0v) is 12.8. The Morgan fingerprint density at radius 2 is 2.05 bits per heavy atom. The second-order valence-electron chi connectivity index (χ2n) is 5.45. The van der Waals surface area contributed by atoms with E-state index in [-0.39, 0.29) is 5.91 Å². The van der Waals surface area contributed by atoms with Crippen molar-refractivity contribution >= 4 is 11.7 Å². The number of anilines is 1. The van der Waals surface area contributed by atoms with Gasteiger partial charge in [0.2, 0.25) is 0 Å².